The fraction of sp³-hybridized carbons (Fsp3) is 0.0800. The van der Waals surface area contributed by atoms with Crippen LogP contribution in [0.2, 0.25) is 0 Å². The van der Waals surface area contributed by atoms with Crippen LogP contribution < -0.4 is 9.30 Å². The quantitative estimate of drug-likeness (QED) is 0.240. The van der Waals surface area contributed by atoms with Gasteiger partial charge in [0.15, 0.2) is 6.20 Å². The predicted octanol–water partition coefficient (Wildman–Crippen LogP) is 6.05. The minimum atomic E-state index is 0.942. The zero-order valence-electron chi connectivity index (χ0n) is 15.3. The number of rotatable bonds is 0. The standard InChI is InChI=1S/C25H18NO/c1-15-18-9-5-3-7-16(18)13-21-23(15)25-24-20(11-12-26(25)2)19-10-6-4-8-17(19)14-22(24)27-21/h3-14H,1-2H3/q+1. The molecule has 27 heavy (non-hydrogen) atoms. The van der Waals surface area contributed by atoms with Crippen LogP contribution in [0, 0.1) is 6.92 Å². The Morgan fingerprint density at radius 1 is 0.741 bits per heavy atom. The summed E-state index contributed by atoms with van der Waals surface area (Å²) in [6, 6.07) is 23.6. The Bertz CT molecular complexity index is 1420. The van der Waals surface area contributed by atoms with Crippen LogP contribution in [-0.4, -0.2) is 0 Å². The molecule has 128 valence electrons. The lowest BCUT2D eigenvalue weighted by Gasteiger charge is -2.22. The van der Waals surface area contributed by atoms with Crippen molar-refractivity contribution in [2.24, 2.45) is 7.05 Å². The summed E-state index contributed by atoms with van der Waals surface area (Å²) in [5.74, 6) is 1.88. The Balaban J connectivity index is 1.86. The van der Waals surface area contributed by atoms with E-state index in [1.54, 1.807) is 0 Å². The van der Waals surface area contributed by atoms with Crippen molar-refractivity contribution in [3.05, 3.63) is 78.5 Å². The highest BCUT2D eigenvalue weighted by Gasteiger charge is 2.30. The van der Waals surface area contributed by atoms with Crippen molar-refractivity contribution in [1.29, 1.82) is 0 Å². The van der Waals surface area contributed by atoms with Crippen molar-refractivity contribution in [1.82, 2.24) is 0 Å². The lowest BCUT2D eigenvalue weighted by Crippen LogP contribution is -2.31. The molecule has 0 spiro atoms. The van der Waals surface area contributed by atoms with Crippen LogP contribution in [0.4, 0.5) is 0 Å². The number of pyridine rings is 1. The molecule has 0 radical (unpaired) electrons. The normalized spacial score (nSPS) is 12.4. The third-order valence-electron chi connectivity index (χ3n) is 5.84. The van der Waals surface area contributed by atoms with Crippen molar-refractivity contribution in [3.8, 4) is 22.8 Å². The number of aryl methyl sites for hydroxylation is 2. The molecule has 0 fully saturated rings. The molecule has 0 bridgehead atoms. The Morgan fingerprint density at radius 3 is 2.22 bits per heavy atom. The van der Waals surface area contributed by atoms with Crippen LogP contribution in [0.3, 0.4) is 0 Å². The monoisotopic (exact) mass is 348 g/mol. The zero-order chi connectivity index (χ0) is 18.1. The first-order chi connectivity index (χ1) is 13.2. The van der Waals surface area contributed by atoms with Gasteiger partial charge in [0.1, 0.15) is 18.5 Å². The molecule has 1 aliphatic heterocycles. The topological polar surface area (TPSA) is 13.1 Å². The van der Waals surface area contributed by atoms with E-state index in [0.29, 0.717) is 0 Å². The zero-order valence-corrected chi connectivity index (χ0v) is 15.3. The third-order valence-corrected chi connectivity index (χ3v) is 5.84. The Hall–Kier alpha value is -3.39. The van der Waals surface area contributed by atoms with E-state index in [1.165, 1.54) is 49.1 Å². The first kappa shape index (κ1) is 14.7. The van der Waals surface area contributed by atoms with Gasteiger partial charge in [-0.1, -0.05) is 48.5 Å². The highest BCUT2D eigenvalue weighted by Crippen LogP contribution is 2.49. The molecule has 1 aromatic heterocycles. The summed E-state index contributed by atoms with van der Waals surface area (Å²) in [5, 5.41) is 7.41. The van der Waals surface area contributed by atoms with Gasteiger partial charge in [0, 0.05) is 11.5 Å². The summed E-state index contributed by atoms with van der Waals surface area (Å²) < 4.78 is 8.71. The number of ether oxygens (including phenoxy) is 1. The van der Waals surface area contributed by atoms with Crippen LogP contribution in [0.15, 0.2) is 72.9 Å². The summed E-state index contributed by atoms with van der Waals surface area (Å²) >= 11 is 0. The summed E-state index contributed by atoms with van der Waals surface area (Å²) in [7, 11) is 2.12. The Kier molecular flexibility index (Phi) is 2.77. The van der Waals surface area contributed by atoms with E-state index in [0.717, 1.165) is 11.5 Å². The molecule has 0 saturated carbocycles. The second kappa shape index (κ2) is 5.08. The first-order valence-electron chi connectivity index (χ1n) is 9.27. The molecule has 0 N–H and O–H groups in total. The summed E-state index contributed by atoms with van der Waals surface area (Å²) in [6.45, 7) is 2.20. The van der Waals surface area contributed by atoms with Gasteiger partial charge in [0.25, 0.3) is 0 Å². The van der Waals surface area contributed by atoms with Crippen LogP contribution >= 0.6 is 0 Å². The van der Waals surface area contributed by atoms with Gasteiger partial charge in [-0.15, -0.1) is 0 Å². The van der Waals surface area contributed by atoms with Crippen molar-refractivity contribution >= 4 is 32.3 Å². The molecule has 2 heteroatoms. The molecular formula is C25H18NO+. The van der Waals surface area contributed by atoms with Gasteiger partial charge < -0.3 is 4.74 Å². The number of hydrogen-bond donors (Lipinski definition) is 0. The average molecular weight is 348 g/mol. The van der Waals surface area contributed by atoms with Crippen molar-refractivity contribution < 1.29 is 9.30 Å². The molecule has 0 aliphatic carbocycles. The largest absolute Gasteiger partial charge is 0.456 e. The maximum absolute atomic E-state index is 6.49. The lowest BCUT2D eigenvalue weighted by molar-refractivity contribution is -0.659. The molecule has 4 aromatic carbocycles. The fourth-order valence-electron chi connectivity index (χ4n) is 4.58. The SMILES string of the molecule is Cc1c2c(cc3ccccc13)Oc1cc3ccccc3c3cc[n+](C)c-2c13. The Morgan fingerprint density at radius 2 is 1.41 bits per heavy atom. The maximum atomic E-state index is 6.49. The molecule has 2 nitrogen and oxygen atoms in total. The second-order valence-corrected chi connectivity index (χ2v) is 7.36. The molecule has 1 aliphatic rings. The molecule has 0 amide bonds. The van der Waals surface area contributed by atoms with Crippen LogP contribution in [0.5, 0.6) is 11.5 Å². The molecule has 2 heterocycles. The fourth-order valence-corrected chi connectivity index (χ4v) is 4.58. The van der Waals surface area contributed by atoms with Gasteiger partial charge in [0.05, 0.1) is 10.9 Å². The molecule has 6 rings (SSSR count). The first-order valence-corrected chi connectivity index (χ1v) is 9.27. The minimum Gasteiger partial charge on any atom is -0.456 e. The van der Waals surface area contributed by atoms with Crippen molar-refractivity contribution in [2.45, 2.75) is 6.92 Å². The average Bonchev–Trinajstić information content (AvgIpc) is 2.69. The Labute approximate surface area is 157 Å². The molecule has 0 atom stereocenters. The van der Waals surface area contributed by atoms with E-state index < -0.39 is 0 Å². The summed E-state index contributed by atoms with van der Waals surface area (Å²) in [6.07, 6.45) is 2.16. The summed E-state index contributed by atoms with van der Waals surface area (Å²) in [5.41, 5.74) is 3.70. The second-order valence-electron chi connectivity index (χ2n) is 7.36. The van der Waals surface area contributed by atoms with E-state index >= 15 is 0 Å². The highest BCUT2D eigenvalue weighted by atomic mass is 16.5. The van der Waals surface area contributed by atoms with Gasteiger partial charge in [-0.3, -0.25) is 0 Å². The van der Waals surface area contributed by atoms with Gasteiger partial charge in [-0.05, 0) is 46.2 Å². The van der Waals surface area contributed by atoms with Gasteiger partial charge in [-0.2, -0.15) is 0 Å². The number of aromatic nitrogens is 1. The van der Waals surface area contributed by atoms with E-state index in [9.17, 15) is 0 Å². The highest BCUT2D eigenvalue weighted by molar-refractivity contribution is 6.15. The van der Waals surface area contributed by atoms with Gasteiger partial charge >= 0.3 is 0 Å². The minimum absolute atomic E-state index is 0.942. The number of fused-ring (bicyclic) bond motifs is 5. The number of hydrogen-bond acceptors (Lipinski definition) is 1. The molecule has 5 aromatic rings. The van der Waals surface area contributed by atoms with Crippen LogP contribution in [0.1, 0.15) is 5.56 Å². The maximum Gasteiger partial charge on any atom is 0.228 e. The van der Waals surface area contributed by atoms with E-state index in [4.69, 9.17) is 4.74 Å². The van der Waals surface area contributed by atoms with Crippen molar-refractivity contribution in [2.75, 3.05) is 0 Å². The number of nitrogens with zero attached hydrogens (tertiary/aromatic N) is 1. The third kappa shape index (κ3) is 1.87. The van der Waals surface area contributed by atoms with Crippen LogP contribution in [0.25, 0.3) is 43.6 Å². The molecule has 0 unspecified atom stereocenters. The molecular weight excluding hydrogens is 330 g/mol. The van der Waals surface area contributed by atoms with E-state index in [1.807, 2.05) is 0 Å². The lowest BCUT2D eigenvalue weighted by atomic mass is 9.90. The van der Waals surface area contributed by atoms with Crippen LogP contribution in [-0.2, 0) is 7.05 Å². The van der Waals surface area contributed by atoms with Crippen molar-refractivity contribution in [3.63, 3.8) is 0 Å². The van der Waals surface area contributed by atoms with Gasteiger partial charge in [0.2, 0.25) is 5.69 Å². The van der Waals surface area contributed by atoms with E-state index in [-0.39, 0.29) is 0 Å². The smallest absolute Gasteiger partial charge is 0.228 e. The number of benzene rings is 4. The predicted molar refractivity (Wildman–Crippen MR) is 110 cm³/mol. The summed E-state index contributed by atoms with van der Waals surface area (Å²) in [4.78, 5) is 0. The van der Waals surface area contributed by atoms with E-state index in [2.05, 4.69) is 91.5 Å². The van der Waals surface area contributed by atoms with Gasteiger partial charge in [-0.25, -0.2) is 4.57 Å². The molecule has 0 saturated heterocycles.